The fraction of sp³-hybridized carbons (Fsp3) is 0.594. The molecule has 0 bridgehead atoms. The number of morpholine rings is 1. The third kappa shape index (κ3) is 5.81. The Bertz CT molecular complexity index is 1440. The Morgan fingerprint density at radius 2 is 1.82 bits per heavy atom. The molecule has 2 amide bonds. The molecule has 3 fully saturated rings. The molecule has 6 rings (SSSR count). The number of rotatable bonds is 3. The fourth-order valence-corrected chi connectivity index (χ4v) is 7.03. The zero-order valence-electron chi connectivity index (χ0n) is 26.1. The van der Waals surface area contributed by atoms with Crippen molar-refractivity contribution in [2.75, 3.05) is 64.0 Å². The van der Waals surface area contributed by atoms with Gasteiger partial charge < -0.3 is 28.9 Å². The van der Waals surface area contributed by atoms with Crippen LogP contribution in [0, 0.1) is 5.82 Å². The smallest absolute Gasteiger partial charge is 0.410 e. The Balaban J connectivity index is 1.41. The molecule has 0 aliphatic carbocycles. The number of pyridine rings is 1. The summed E-state index contributed by atoms with van der Waals surface area (Å²) >= 11 is 6.97. The topological polar surface area (TPSA) is 87.7 Å². The van der Waals surface area contributed by atoms with Crippen LogP contribution < -0.4 is 9.64 Å². The summed E-state index contributed by atoms with van der Waals surface area (Å²) in [5.74, 6) is -0.0983. The molecule has 2 unspecified atom stereocenters. The number of anilines is 1. The molecule has 2 aromatic rings. The van der Waals surface area contributed by atoms with Crippen molar-refractivity contribution in [3.8, 4) is 17.0 Å². The number of nitrogens with zero attached hydrogens (tertiary/aromatic N) is 5. The van der Waals surface area contributed by atoms with Gasteiger partial charge in [0, 0.05) is 56.4 Å². The van der Waals surface area contributed by atoms with Crippen LogP contribution in [0.5, 0.6) is 5.75 Å². The van der Waals surface area contributed by atoms with Gasteiger partial charge in [0.15, 0.2) is 5.75 Å². The highest BCUT2D eigenvalue weighted by Gasteiger charge is 2.47. The summed E-state index contributed by atoms with van der Waals surface area (Å²) in [4.78, 5) is 40.3. The third-order valence-corrected chi connectivity index (χ3v) is 9.26. The molecule has 5 heterocycles. The van der Waals surface area contributed by atoms with Crippen molar-refractivity contribution in [2.45, 2.75) is 64.3 Å². The molecule has 44 heavy (non-hydrogen) atoms. The number of hydrogen-bond donors (Lipinski definition) is 0. The molecule has 2 atom stereocenters. The minimum atomic E-state index is -0.640. The van der Waals surface area contributed by atoms with E-state index in [-0.39, 0.29) is 58.2 Å². The molecule has 10 nitrogen and oxygen atoms in total. The second-order valence-electron chi connectivity index (χ2n) is 13.6. The van der Waals surface area contributed by atoms with Gasteiger partial charge in [0.25, 0.3) is 5.91 Å². The first-order valence-corrected chi connectivity index (χ1v) is 15.7. The zero-order chi connectivity index (χ0) is 31.4. The summed E-state index contributed by atoms with van der Waals surface area (Å²) in [6.45, 7) is 14.4. The average Bonchev–Trinajstić information content (AvgIpc) is 3.22. The van der Waals surface area contributed by atoms with E-state index in [1.165, 1.54) is 6.07 Å². The normalized spacial score (nSPS) is 24.0. The molecular formula is C32H41ClFN5O5. The van der Waals surface area contributed by atoms with Crippen LogP contribution in [0.1, 0.15) is 51.4 Å². The van der Waals surface area contributed by atoms with Gasteiger partial charge in [-0.2, -0.15) is 0 Å². The minimum absolute atomic E-state index is 0.0905. The van der Waals surface area contributed by atoms with Crippen LogP contribution in [0.2, 0.25) is 5.02 Å². The molecule has 0 radical (unpaired) electrons. The Morgan fingerprint density at radius 3 is 2.52 bits per heavy atom. The molecule has 0 saturated carbocycles. The van der Waals surface area contributed by atoms with Crippen molar-refractivity contribution in [3.05, 3.63) is 40.7 Å². The lowest BCUT2D eigenvalue weighted by molar-refractivity contribution is 0.000951. The molecule has 4 aliphatic rings. The van der Waals surface area contributed by atoms with Crippen molar-refractivity contribution in [1.29, 1.82) is 0 Å². The highest BCUT2D eigenvalue weighted by molar-refractivity contribution is 6.35. The van der Waals surface area contributed by atoms with E-state index in [4.69, 9.17) is 30.8 Å². The molecule has 0 spiro atoms. The quantitative estimate of drug-likeness (QED) is 0.484. The van der Waals surface area contributed by atoms with Crippen LogP contribution in [0.4, 0.5) is 15.0 Å². The van der Waals surface area contributed by atoms with E-state index < -0.39 is 23.6 Å². The maximum absolute atomic E-state index is 15.2. The zero-order valence-corrected chi connectivity index (χ0v) is 26.8. The highest BCUT2D eigenvalue weighted by atomic mass is 35.5. The Kier molecular flexibility index (Phi) is 8.17. The van der Waals surface area contributed by atoms with Crippen LogP contribution in [0.15, 0.2) is 24.3 Å². The summed E-state index contributed by atoms with van der Waals surface area (Å²) in [5, 5.41) is 0.0905. The van der Waals surface area contributed by atoms with Gasteiger partial charge in [0.05, 0.1) is 24.9 Å². The van der Waals surface area contributed by atoms with Crippen molar-refractivity contribution in [3.63, 3.8) is 0 Å². The predicted molar refractivity (Wildman–Crippen MR) is 165 cm³/mol. The SMILES string of the molecule is CC(C)(C)OC(=O)N1CCN2C(=O)c3c(N4CC(N5CCOCC5)CC4(C)C)nc(-c4ccccc4F)c(Cl)c3OCC2C1. The first-order chi connectivity index (χ1) is 20.8. The average molecular weight is 630 g/mol. The molecule has 0 N–H and O–H groups in total. The molecular weight excluding hydrogens is 589 g/mol. The van der Waals surface area contributed by atoms with Gasteiger partial charge in [0.2, 0.25) is 0 Å². The summed E-state index contributed by atoms with van der Waals surface area (Å²) in [7, 11) is 0. The van der Waals surface area contributed by atoms with Gasteiger partial charge in [-0.25, -0.2) is 14.2 Å². The number of hydrogen-bond acceptors (Lipinski definition) is 8. The first-order valence-electron chi connectivity index (χ1n) is 15.3. The van der Waals surface area contributed by atoms with E-state index in [0.717, 1.165) is 19.5 Å². The highest BCUT2D eigenvalue weighted by Crippen LogP contribution is 2.47. The molecule has 3 saturated heterocycles. The van der Waals surface area contributed by atoms with E-state index >= 15 is 4.39 Å². The number of carbonyl (C=O) groups excluding carboxylic acids is 2. The predicted octanol–water partition coefficient (Wildman–Crippen LogP) is 4.68. The monoisotopic (exact) mass is 629 g/mol. The largest absolute Gasteiger partial charge is 0.489 e. The fourth-order valence-electron chi connectivity index (χ4n) is 6.74. The molecule has 1 aromatic heterocycles. The molecule has 238 valence electrons. The molecule has 4 aliphatic heterocycles. The lowest BCUT2D eigenvalue weighted by Gasteiger charge is -2.40. The first kappa shape index (κ1) is 30.9. The van der Waals surface area contributed by atoms with E-state index in [1.54, 1.807) is 28.0 Å². The molecule has 12 heteroatoms. The minimum Gasteiger partial charge on any atom is -0.489 e. The van der Waals surface area contributed by atoms with Crippen LogP contribution in [0.25, 0.3) is 11.3 Å². The van der Waals surface area contributed by atoms with E-state index in [0.29, 0.717) is 38.7 Å². The van der Waals surface area contributed by atoms with Gasteiger partial charge in [-0.3, -0.25) is 9.69 Å². The number of halogens is 2. The maximum atomic E-state index is 15.2. The van der Waals surface area contributed by atoms with Crippen molar-refractivity contribution < 1.29 is 28.2 Å². The lowest BCUT2D eigenvalue weighted by atomic mass is 9.98. The number of fused-ring (bicyclic) bond motifs is 2. The van der Waals surface area contributed by atoms with E-state index in [2.05, 4.69) is 23.6 Å². The number of carbonyl (C=O) groups is 2. The molecule has 1 aromatic carbocycles. The summed E-state index contributed by atoms with van der Waals surface area (Å²) < 4.78 is 32.8. The second-order valence-corrected chi connectivity index (χ2v) is 14.0. The summed E-state index contributed by atoms with van der Waals surface area (Å²) in [6, 6.07) is 6.14. The Labute approximate surface area is 263 Å². The van der Waals surface area contributed by atoms with Gasteiger partial charge in [-0.1, -0.05) is 23.7 Å². The van der Waals surface area contributed by atoms with Crippen molar-refractivity contribution in [2.24, 2.45) is 0 Å². The van der Waals surface area contributed by atoms with Gasteiger partial charge >= 0.3 is 6.09 Å². The lowest BCUT2D eigenvalue weighted by Crippen LogP contribution is -2.58. The van der Waals surface area contributed by atoms with E-state index in [9.17, 15) is 9.59 Å². The van der Waals surface area contributed by atoms with Gasteiger partial charge in [-0.05, 0) is 53.2 Å². The number of ether oxygens (including phenoxy) is 3. The third-order valence-electron chi connectivity index (χ3n) is 8.91. The van der Waals surface area contributed by atoms with Gasteiger partial charge in [0.1, 0.15) is 34.4 Å². The summed E-state index contributed by atoms with van der Waals surface area (Å²) in [6.07, 6.45) is 0.425. The second kappa shape index (κ2) is 11.7. The summed E-state index contributed by atoms with van der Waals surface area (Å²) in [5.41, 5.74) is -0.270. The van der Waals surface area contributed by atoms with Crippen LogP contribution in [0.3, 0.4) is 0 Å². The maximum Gasteiger partial charge on any atom is 0.410 e. The number of amides is 2. The number of piperazine rings is 1. The Hall–Kier alpha value is -3.15. The van der Waals surface area contributed by atoms with Gasteiger partial charge in [-0.15, -0.1) is 0 Å². The van der Waals surface area contributed by atoms with Crippen LogP contribution >= 0.6 is 11.6 Å². The van der Waals surface area contributed by atoms with Crippen molar-refractivity contribution in [1.82, 2.24) is 19.7 Å². The van der Waals surface area contributed by atoms with Crippen LogP contribution in [-0.4, -0.2) is 114 Å². The standard InChI is InChI=1S/C32H41ClFN5O5/c1-31(2,3)44-30(41)37-10-11-38-21(17-37)19-43-27-24(29(38)40)28(35-26(25(27)33)22-8-6-7-9-23(22)34)39-18-20(16-32(39,4)5)36-12-14-42-15-13-36/h6-9,20-21H,10-19H2,1-5H3. The number of aromatic nitrogens is 1. The van der Waals surface area contributed by atoms with E-state index in [1.807, 2.05) is 20.8 Å². The Morgan fingerprint density at radius 1 is 1.09 bits per heavy atom. The van der Waals surface area contributed by atoms with Crippen LogP contribution in [-0.2, 0) is 9.47 Å². The van der Waals surface area contributed by atoms with Crippen molar-refractivity contribution >= 4 is 29.4 Å². The number of benzene rings is 1.